The van der Waals surface area contributed by atoms with E-state index in [4.69, 9.17) is 0 Å². The van der Waals surface area contributed by atoms with Gasteiger partial charge in [-0.25, -0.2) is 4.98 Å². The van der Waals surface area contributed by atoms with Crippen LogP contribution in [0.1, 0.15) is 22.3 Å². The summed E-state index contributed by atoms with van der Waals surface area (Å²) in [5.41, 5.74) is -1.42. The summed E-state index contributed by atoms with van der Waals surface area (Å²) in [4.78, 5) is 4.67. The van der Waals surface area contributed by atoms with Crippen LogP contribution in [0.15, 0.2) is 115 Å². The van der Waals surface area contributed by atoms with Gasteiger partial charge in [0.1, 0.15) is 5.82 Å². The van der Waals surface area contributed by atoms with E-state index in [1.165, 1.54) is 30.5 Å². The maximum Gasteiger partial charge on any atom is 0.416 e. The van der Waals surface area contributed by atoms with Crippen molar-refractivity contribution in [2.24, 2.45) is 0 Å². The maximum atomic E-state index is 14.2. The standard InChI is InChI=1S/C39H19F9N4/c40-37(41,42)23-9-11-33-29(16-23)26-5-1-3-7-31(26)51(33)35-20-50-36(18-28(35)22-13-21(19-49)14-25(15-22)39(46,47)48)52-32-8-4-2-6-27(32)30-17-24(38(43,44)45)10-12-34(30)52/h1-18,20H. The third kappa shape index (κ3) is 5.30. The molecular formula is C39H19F9N4. The lowest BCUT2D eigenvalue weighted by Crippen LogP contribution is -2.07. The molecular weight excluding hydrogens is 695 g/mol. The molecule has 0 bridgehead atoms. The third-order valence-corrected chi connectivity index (χ3v) is 9.04. The van der Waals surface area contributed by atoms with Crippen LogP contribution in [0.2, 0.25) is 0 Å². The highest BCUT2D eigenvalue weighted by Crippen LogP contribution is 2.42. The van der Waals surface area contributed by atoms with Gasteiger partial charge < -0.3 is 4.57 Å². The van der Waals surface area contributed by atoms with Crippen LogP contribution in [-0.2, 0) is 18.5 Å². The molecule has 0 aliphatic carbocycles. The van der Waals surface area contributed by atoms with E-state index < -0.39 is 35.2 Å². The molecule has 3 aromatic heterocycles. The van der Waals surface area contributed by atoms with E-state index >= 15 is 0 Å². The first-order valence-corrected chi connectivity index (χ1v) is 15.5. The molecule has 8 aromatic rings. The van der Waals surface area contributed by atoms with Gasteiger partial charge in [-0.15, -0.1) is 0 Å². The Hall–Kier alpha value is -6.29. The molecule has 5 aromatic carbocycles. The molecule has 0 unspecified atom stereocenters. The van der Waals surface area contributed by atoms with E-state index in [-0.39, 0.29) is 39.0 Å². The number of alkyl halides is 9. The van der Waals surface area contributed by atoms with Gasteiger partial charge in [-0.1, -0.05) is 36.4 Å². The minimum atomic E-state index is -4.85. The lowest BCUT2D eigenvalue weighted by atomic mass is 9.99. The number of nitrogens with zero attached hydrogens (tertiary/aromatic N) is 4. The Labute approximate surface area is 287 Å². The molecule has 0 atom stereocenters. The number of aromatic nitrogens is 3. The average molecular weight is 715 g/mol. The summed E-state index contributed by atoms with van der Waals surface area (Å²) in [5.74, 6) is 0.126. The van der Waals surface area contributed by atoms with Crippen molar-refractivity contribution in [3.63, 3.8) is 0 Å². The fourth-order valence-electron chi connectivity index (χ4n) is 6.78. The molecule has 13 heteroatoms. The van der Waals surface area contributed by atoms with Gasteiger partial charge in [0.15, 0.2) is 0 Å². The smallest absolute Gasteiger partial charge is 0.307 e. The molecule has 0 aliphatic heterocycles. The SMILES string of the molecule is N#Cc1cc(-c2cc(-n3c4ccccc4c4cc(C(F)(F)F)ccc43)ncc2-n2c3ccccc3c3cc(C(F)(F)F)ccc32)cc(C(F)(F)F)c1. The van der Waals surface area contributed by atoms with E-state index in [9.17, 15) is 44.8 Å². The number of hydrogen-bond donors (Lipinski definition) is 0. The Morgan fingerprint density at radius 1 is 0.500 bits per heavy atom. The van der Waals surface area contributed by atoms with Crippen molar-refractivity contribution in [2.45, 2.75) is 18.5 Å². The third-order valence-electron chi connectivity index (χ3n) is 9.04. The molecule has 258 valence electrons. The summed E-state index contributed by atoms with van der Waals surface area (Å²) in [7, 11) is 0. The Morgan fingerprint density at radius 3 is 1.54 bits per heavy atom. The number of rotatable bonds is 3. The highest BCUT2D eigenvalue weighted by Gasteiger charge is 2.34. The zero-order valence-electron chi connectivity index (χ0n) is 26.2. The first kappa shape index (κ1) is 32.9. The normalized spacial score (nSPS) is 12.7. The van der Waals surface area contributed by atoms with Crippen LogP contribution in [0.25, 0.3) is 66.2 Å². The van der Waals surface area contributed by atoms with Gasteiger partial charge in [0, 0.05) is 27.1 Å². The minimum Gasteiger partial charge on any atom is -0.307 e. The molecule has 4 nitrogen and oxygen atoms in total. The average Bonchev–Trinajstić information content (AvgIpc) is 3.62. The topological polar surface area (TPSA) is 46.5 Å². The minimum absolute atomic E-state index is 0.0528. The van der Waals surface area contributed by atoms with Gasteiger partial charge in [-0.2, -0.15) is 44.8 Å². The van der Waals surface area contributed by atoms with Crippen LogP contribution < -0.4 is 0 Å². The molecule has 0 amide bonds. The van der Waals surface area contributed by atoms with E-state index in [1.807, 2.05) is 0 Å². The number of pyridine rings is 1. The van der Waals surface area contributed by atoms with Crippen molar-refractivity contribution in [1.29, 1.82) is 5.26 Å². The van der Waals surface area contributed by atoms with Gasteiger partial charge in [0.25, 0.3) is 0 Å². The molecule has 0 aliphatic rings. The Morgan fingerprint density at radius 2 is 1.00 bits per heavy atom. The summed E-state index contributed by atoms with van der Waals surface area (Å²) in [5, 5.41) is 11.1. The van der Waals surface area contributed by atoms with Crippen molar-refractivity contribution < 1.29 is 39.5 Å². The summed E-state index contributed by atoms with van der Waals surface area (Å²) in [6, 6.07) is 25.7. The second kappa shape index (κ2) is 11.4. The van der Waals surface area contributed by atoms with E-state index in [1.54, 1.807) is 63.7 Å². The highest BCUT2D eigenvalue weighted by atomic mass is 19.4. The lowest BCUT2D eigenvalue weighted by molar-refractivity contribution is -0.138. The molecule has 8 rings (SSSR count). The summed E-state index contributed by atoms with van der Waals surface area (Å²) in [6.45, 7) is 0. The van der Waals surface area contributed by atoms with E-state index in [2.05, 4.69) is 4.98 Å². The Kier molecular flexibility index (Phi) is 7.19. The van der Waals surface area contributed by atoms with Crippen LogP contribution in [0, 0.1) is 11.3 Å². The van der Waals surface area contributed by atoms with Crippen LogP contribution in [-0.4, -0.2) is 14.1 Å². The highest BCUT2D eigenvalue weighted by molar-refractivity contribution is 6.11. The molecule has 3 heterocycles. The van der Waals surface area contributed by atoms with Gasteiger partial charge in [0.2, 0.25) is 0 Å². The predicted molar refractivity (Wildman–Crippen MR) is 178 cm³/mol. The molecule has 0 saturated carbocycles. The zero-order chi connectivity index (χ0) is 36.7. The van der Waals surface area contributed by atoms with Crippen molar-refractivity contribution in [2.75, 3.05) is 0 Å². The summed E-state index contributed by atoms with van der Waals surface area (Å²) < 4.78 is 129. The number of benzene rings is 5. The van der Waals surface area contributed by atoms with Gasteiger partial charge in [-0.3, -0.25) is 4.57 Å². The first-order valence-electron chi connectivity index (χ1n) is 15.5. The number of halogens is 9. The predicted octanol–water partition coefficient (Wildman–Crippen LogP) is 11.9. The van der Waals surface area contributed by atoms with Crippen molar-refractivity contribution in [3.05, 3.63) is 138 Å². The Bertz CT molecular complexity index is 2780. The summed E-state index contributed by atoms with van der Waals surface area (Å²) >= 11 is 0. The van der Waals surface area contributed by atoms with Crippen LogP contribution in [0.3, 0.4) is 0 Å². The number of para-hydroxylation sites is 2. The maximum absolute atomic E-state index is 14.2. The number of nitriles is 1. The molecule has 52 heavy (non-hydrogen) atoms. The van der Waals surface area contributed by atoms with Gasteiger partial charge >= 0.3 is 18.5 Å². The summed E-state index contributed by atoms with van der Waals surface area (Å²) in [6.07, 6.45) is -12.8. The first-order chi connectivity index (χ1) is 24.6. The quantitative estimate of drug-likeness (QED) is 0.171. The number of fused-ring (bicyclic) bond motifs is 6. The van der Waals surface area contributed by atoms with Crippen LogP contribution in [0.4, 0.5) is 39.5 Å². The van der Waals surface area contributed by atoms with Crippen LogP contribution in [0.5, 0.6) is 0 Å². The number of hydrogen-bond acceptors (Lipinski definition) is 2. The molecule has 0 N–H and O–H groups in total. The zero-order valence-corrected chi connectivity index (χ0v) is 26.2. The largest absolute Gasteiger partial charge is 0.416 e. The van der Waals surface area contributed by atoms with Gasteiger partial charge in [0.05, 0.1) is 62.3 Å². The van der Waals surface area contributed by atoms with Crippen molar-refractivity contribution >= 4 is 43.6 Å². The lowest BCUT2D eigenvalue weighted by Gasteiger charge is -2.18. The van der Waals surface area contributed by atoms with Crippen molar-refractivity contribution in [3.8, 4) is 28.7 Å². The van der Waals surface area contributed by atoms with Crippen molar-refractivity contribution in [1.82, 2.24) is 14.1 Å². The van der Waals surface area contributed by atoms with Crippen LogP contribution >= 0.6 is 0 Å². The molecule has 0 spiro atoms. The fraction of sp³-hybridized carbons (Fsp3) is 0.0769. The molecule has 0 radical (unpaired) electrons. The fourth-order valence-corrected chi connectivity index (χ4v) is 6.78. The molecule has 0 fully saturated rings. The van der Waals surface area contributed by atoms with E-state index in [0.29, 0.717) is 38.9 Å². The Balaban J connectivity index is 1.48. The molecule has 0 saturated heterocycles. The van der Waals surface area contributed by atoms with Gasteiger partial charge in [-0.05, 0) is 78.4 Å². The second-order valence-electron chi connectivity index (χ2n) is 12.1. The second-order valence-corrected chi connectivity index (χ2v) is 12.1. The van der Waals surface area contributed by atoms with E-state index in [0.717, 1.165) is 30.3 Å². The monoisotopic (exact) mass is 714 g/mol.